The van der Waals surface area contributed by atoms with Gasteiger partial charge in [-0.15, -0.1) is 0 Å². The van der Waals surface area contributed by atoms with Crippen molar-refractivity contribution < 1.29 is 19.1 Å². The molecule has 5 atom stereocenters. The van der Waals surface area contributed by atoms with Crippen molar-refractivity contribution in [1.82, 2.24) is 0 Å². The molecule has 2 bridgehead atoms. The van der Waals surface area contributed by atoms with Gasteiger partial charge in [0.15, 0.2) is 17.2 Å². The normalized spacial score (nSPS) is 34.7. The summed E-state index contributed by atoms with van der Waals surface area (Å²) >= 11 is 0. The summed E-state index contributed by atoms with van der Waals surface area (Å²) in [4.78, 5) is 28.9. The number of fused-ring (bicyclic) bond motifs is 8. The highest BCUT2D eigenvalue weighted by molar-refractivity contribution is 6.05. The second kappa shape index (κ2) is 5.63. The Hall–Kier alpha value is -2.76. The van der Waals surface area contributed by atoms with Crippen LogP contribution in [-0.4, -0.2) is 42.7 Å². The largest absolute Gasteiger partial charge is 0.363 e. The van der Waals surface area contributed by atoms with Gasteiger partial charge in [-0.3, -0.25) is 9.59 Å². The Kier molecular flexibility index (Phi) is 3.26. The number of para-hydroxylation sites is 1. The molecule has 4 aliphatic heterocycles. The van der Waals surface area contributed by atoms with E-state index < -0.39 is 11.9 Å². The number of benzene rings is 2. The Morgan fingerprint density at radius 1 is 1.07 bits per heavy atom. The minimum absolute atomic E-state index is 0.0458. The number of ether oxygens (including phenoxy) is 2. The third-order valence-electron chi connectivity index (χ3n) is 6.62. The van der Waals surface area contributed by atoms with Crippen LogP contribution in [0.4, 0.5) is 5.69 Å². The van der Waals surface area contributed by atoms with Crippen LogP contribution in [0.15, 0.2) is 60.7 Å². The smallest absolute Gasteiger partial charge is 0.219 e. The number of nitrogens with zero attached hydrogens (tertiary/aromatic N) is 1. The Morgan fingerprint density at radius 2 is 1.86 bits per heavy atom. The maximum atomic E-state index is 13.5. The molecular weight excluding hydrogens is 354 g/mol. The first kappa shape index (κ1) is 16.2. The highest BCUT2D eigenvalue weighted by Gasteiger charge is 2.67. The summed E-state index contributed by atoms with van der Waals surface area (Å²) in [6.07, 6.45) is 3.23. The average molecular weight is 373 g/mol. The summed E-state index contributed by atoms with van der Waals surface area (Å²) in [5, 5.41) is 0. The molecule has 6 rings (SSSR count). The molecule has 5 heteroatoms. The van der Waals surface area contributed by atoms with Gasteiger partial charge in [-0.25, -0.2) is 0 Å². The van der Waals surface area contributed by atoms with Crippen LogP contribution in [0.3, 0.4) is 0 Å². The molecule has 3 fully saturated rings. The van der Waals surface area contributed by atoms with Crippen LogP contribution in [0.2, 0.25) is 0 Å². The van der Waals surface area contributed by atoms with Crippen molar-refractivity contribution in [3.63, 3.8) is 0 Å². The van der Waals surface area contributed by atoms with Crippen molar-refractivity contribution in [2.45, 2.75) is 17.9 Å². The lowest BCUT2D eigenvalue weighted by Gasteiger charge is -2.38. The van der Waals surface area contributed by atoms with Crippen LogP contribution in [-0.2, 0) is 14.3 Å². The molecule has 0 aliphatic carbocycles. The van der Waals surface area contributed by atoms with Gasteiger partial charge in [0.2, 0.25) is 6.29 Å². The van der Waals surface area contributed by atoms with Crippen molar-refractivity contribution in [3.05, 3.63) is 71.8 Å². The third kappa shape index (κ3) is 1.98. The Bertz CT molecular complexity index is 1020. The predicted molar refractivity (Wildman–Crippen MR) is 103 cm³/mol. The van der Waals surface area contributed by atoms with E-state index >= 15 is 0 Å². The van der Waals surface area contributed by atoms with Gasteiger partial charge < -0.3 is 14.4 Å². The van der Waals surface area contributed by atoms with Gasteiger partial charge in [0.05, 0.1) is 18.6 Å². The first-order valence-electron chi connectivity index (χ1n) is 9.66. The van der Waals surface area contributed by atoms with Crippen LogP contribution in [0.5, 0.6) is 0 Å². The van der Waals surface area contributed by atoms with Gasteiger partial charge >= 0.3 is 0 Å². The van der Waals surface area contributed by atoms with E-state index in [1.54, 1.807) is 12.1 Å². The molecule has 4 heterocycles. The Labute approximate surface area is 162 Å². The molecule has 0 aromatic heterocycles. The molecule has 0 radical (unpaired) electrons. The zero-order chi connectivity index (χ0) is 18.9. The minimum Gasteiger partial charge on any atom is -0.363 e. The fourth-order valence-electron chi connectivity index (χ4n) is 5.33. The average Bonchev–Trinajstić information content (AvgIpc) is 3.34. The monoisotopic (exact) mass is 373 g/mol. The maximum Gasteiger partial charge on any atom is 0.219 e. The minimum atomic E-state index is -1.11. The lowest BCUT2D eigenvalue weighted by molar-refractivity contribution is -0.171. The standard InChI is InChI=1S/C23H19NO4/c25-20-19-16(12-24-17-9-5-4-6-14(17)10-11-18(19)24)23(13-27-22(20)28-23)21(26)15-7-2-1-3-8-15/h1-11,16,18-19,22H,12-13H2/t16-,18+,19-,22-,23-/m1/s1. The van der Waals surface area contributed by atoms with E-state index in [0.717, 1.165) is 11.3 Å². The van der Waals surface area contributed by atoms with Gasteiger partial charge in [-0.05, 0) is 11.6 Å². The first-order valence-corrected chi connectivity index (χ1v) is 9.66. The zero-order valence-corrected chi connectivity index (χ0v) is 15.2. The summed E-state index contributed by atoms with van der Waals surface area (Å²) in [6, 6.07) is 17.3. The predicted octanol–water partition coefficient (Wildman–Crippen LogP) is 2.71. The second-order valence-electron chi connectivity index (χ2n) is 7.94. The number of rotatable bonds is 2. The lowest BCUT2D eigenvalue weighted by Crippen LogP contribution is -2.57. The van der Waals surface area contributed by atoms with Crippen molar-refractivity contribution >= 4 is 23.3 Å². The van der Waals surface area contributed by atoms with E-state index in [4.69, 9.17) is 9.47 Å². The van der Waals surface area contributed by atoms with E-state index in [1.165, 1.54) is 0 Å². The van der Waals surface area contributed by atoms with Crippen molar-refractivity contribution in [2.75, 3.05) is 18.1 Å². The van der Waals surface area contributed by atoms with E-state index in [0.29, 0.717) is 12.1 Å². The SMILES string of the molecule is O=C1[C@@H]2OC[C@@](C(=O)c3ccccc3)(O2)[C@@H]2CN3c4ccccc4C=C[C@H]3[C@H]12. The molecule has 0 unspecified atom stereocenters. The van der Waals surface area contributed by atoms with E-state index in [2.05, 4.69) is 29.2 Å². The number of hydrogen-bond donors (Lipinski definition) is 0. The maximum absolute atomic E-state index is 13.5. The molecule has 0 spiro atoms. The van der Waals surface area contributed by atoms with Gasteiger partial charge in [0.25, 0.3) is 0 Å². The lowest BCUT2D eigenvalue weighted by atomic mass is 9.71. The molecule has 140 valence electrons. The van der Waals surface area contributed by atoms with E-state index in [1.807, 2.05) is 30.3 Å². The van der Waals surface area contributed by atoms with Crippen molar-refractivity contribution in [2.24, 2.45) is 11.8 Å². The second-order valence-corrected chi connectivity index (χ2v) is 7.94. The Morgan fingerprint density at radius 3 is 2.71 bits per heavy atom. The van der Waals surface area contributed by atoms with Crippen LogP contribution >= 0.6 is 0 Å². The molecule has 0 saturated carbocycles. The number of carbonyl (C=O) groups is 2. The van der Waals surface area contributed by atoms with Crippen LogP contribution in [0.25, 0.3) is 6.08 Å². The van der Waals surface area contributed by atoms with Crippen LogP contribution in [0.1, 0.15) is 15.9 Å². The summed E-state index contributed by atoms with van der Waals surface area (Å²) in [5.41, 5.74) is 1.73. The first-order chi connectivity index (χ1) is 13.7. The van der Waals surface area contributed by atoms with E-state index in [-0.39, 0.29) is 36.1 Å². The van der Waals surface area contributed by atoms with Gasteiger partial charge in [0, 0.05) is 23.7 Å². The third-order valence-corrected chi connectivity index (χ3v) is 6.62. The quantitative estimate of drug-likeness (QED) is 0.758. The topological polar surface area (TPSA) is 55.8 Å². The highest BCUT2D eigenvalue weighted by atomic mass is 16.7. The summed E-state index contributed by atoms with van der Waals surface area (Å²) < 4.78 is 11.7. The van der Waals surface area contributed by atoms with Crippen molar-refractivity contribution in [3.8, 4) is 0 Å². The molecule has 28 heavy (non-hydrogen) atoms. The fraction of sp³-hybridized carbons (Fsp3) is 0.304. The number of anilines is 1. The zero-order valence-electron chi connectivity index (χ0n) is 15.2. The summed E-state index contributed by atoms with van der Waals surface area (Å²) in [7, 11) is 0. The molecule has 2 aromatic rings. The van der Waals surface area contributed by atoms with Gasteiger partial charge in [-0.2, -0.15) is 0 Å². The van der Waals surface area contributed by atoms with Gasteiger partial charge in [-0.1, -0.05) is 60.7 Å². The molecule has 5 nitrogen and oxygen atoms in total. The molecule has 3 saturated heterocycles. The van der Waals surface area contributed by atoms with E-state index in [9.17, 15) is 9.59 Å². The highest BCUT2D eigenvalue weighted by Crippen LogP contribution is 2.52. The van der Waals surface area contributed by atoms with Crippen molar-refractivity contribution in [1.29, 1.82) is 0 Å². The molecule has 2 aromatic carbocycles. The molecule has 4 aliphatic rings. The van der Waals surface area contributed by atoms with Gasteiger partial charge in [0.1, 0.15) is 0 Å². The number of ketones is 2. The Balaban J connectivity index is 1.46. The summed E-state index contributed by atoms with van der Waals surface area (Å²) in [6.45, 7) is 0.724. The van der Waals surface area contributed by atoms with Crippen LogP contribution in [0, 0.1) is 11.8 Å². The molecule has 0 N–H and O–H groups in total. The number of hydrogen-bond acceptors (Lipinski definition) is 5. The van der Waals surface area contributed by atoms with Crippen LogP contribution < -0.4 is 4.90 Å². The number of Topliss-reactive ketones (excluding diaryl/α,β-unsaturated/α-hetero) is 2. The number of carbonyl (C=O) groups excluding carboxylic acids is 2. The summed E-state index contributed by atoms with van der Waals surface area (Å²) in [5.74, 6) is -0.684. The molecular formula is C23H19NO4. The molecule has 0 amide bonds. The fourth-order valence-corrected chi connectivity index (χ4v) is 5.33.